The number of hydrogen-bond acceptors (Lipinski definition) is 5. The third kappa shape index (κ3) is 6.13. The van der Waals surface area contributed by atoms with E-state index >= 15 is 0 Å². The number of unbranched alkanes of at least 4 members (excludes halogenated alkanes) is 2. The number of Topliss-reactive ketones (excluding diaryl/α,β-unsaturated/α-hetero) is 1. The Kier molecular flexibility index (Phi) is 7.85. The molecule has 1 rings (SSSR count). The molecule has 0 aromatic carbocycles. The van der Waals surface area contributed by atoms with Crippen LogP contribution in [0.4, 0.5) is 0 Å². The average molecular weight is 281 g/mol. The molecule has 2 atom stereocenters. The van der Waals surface area contributed by atoms with Gasteiger partial charge in [0.15, 0.2) is 11.7 Å². The van der Waals surface area contributed by atoms with E-state index in [0.717, 1.165) is 45.4 Å². The number of ether oxygens (including phenoxy) is 1. The molecular formula is C14H23N3O3. The fraction of sp³-hybridized carbons (Fsp3) is 0.786. The summed E-state index contributed by atoms with van der Waals surface area (Å²) in [7, 11) is 0. The van der Waals surface area contributed by atoms with Crippen LogP contribution in [0.25, 0.3) is 0 Å². The summed E-state index contributed by atoms with van der Waals surface area (Å²) in [6.45, 7) is 4.25. The quantitative estimate of drug-likeness (QED) is 0.496. The molecule has 1 aliphatic heterocycles. The van der Waals surface area contributed by atoms with E-state index in [-0.39, 0.29) is 0 Å². The van der Waals surface area contributed by atoms with Crippen LogP contribution in [0, 0.1) is 17.2 Å². The van der Waals surface area contributed by atoms with Crippen molar-refractivity contribution in [3.05, 3.63) is 0 Å². The minimum absolute atomic E-state index is 0.409. The summed E-state index contributed by atoms with van der Waals surface area (Å²) in [6, 6.07) is 2.16. The Labute approximate surface area is 119 Å². The van der Waals surface area contributed by atoms with Crippen molar-refractivity contribution in [1.29, 1.82) is 5.26 Å². The zero-order chi connectivity index (χ0) is 14.8. The number of nitrogens with one attached hydrogen (secondary N) is 2. The van der Waals surface area contributed by atoms with Crippen LogP contribution >= 0.6 is 0 Å². The fourth-order valence-electron chi connectivity index (χ4n) is 2.15. The largest absolute Gasteiger partial charge is 0.379 e. The molecule has 0 bridgehead atoms. The highest BCUT2D eigenvalue weighted by molar-refractivity contribution is 6.02. The highest BCUT2D eigenvalue weighted by Crippen LogP contribution is 2.06. The maximum Gasteiger partial charge on any atom is 0.244 e. The second-order valence-electron chi connectivity index (χ2n) is 5.04. The van der Waals surface area contributed by atoms with Crippen molar-refractivity contribution in [2.75, 3.05) is 26.3 Å². The van der Waals surface area contributed by atoms with Gasteiger partial charge in [0, 0.05) is 19.1 Å². The number of hydrogen-bond donors (Lipinski definition) is 2. The third-order valence-electron chi connectivity index (χ3n) is 3.32. The highest BCUT2D eigenvalue weighted by atomic mass is 16.5. The molecule has 0 aliphatic carbocycles. The number of nitrogens with zero attached hydrogens (tertiary/aromatic N) is 1. The minimum Gasteiger partial charge on any atom is -0.379 e. The van der Waals surface area contributed by atoms with Crippen molar-refractivity contribution in [2.45, 2.75) is 38.6 Å². The molecule has 1 fully saturated rings. The first-order valence-corrected chi connectivity index (χ1v) is 7.14. The topological polar surface area (TPSA) is 91.2 Å². The van der Waals surface area contributed by atoms with E-state index in [0.29, 0.717) is 12.6 Å². The molecule has 1 aliphatic rings. The lowest BCUT2D eigenvalue weighted by Crippen LogP contribution is -2.41. The summed E-state index contributed by atoms with van der Waals surface area (Å²) >= 11 is 0. The van der Waals surface area contributed by atoms with Crippen molar-refractivity contribution in [3.8, 4) is 6.07 Å². The van der Waals surface area contributed by atoms with Crippen LogP contribution in [-0.2, 0) is 14.3 Å². The SMILES string of the molecule is CC(=O)C(C#N)C(=O)NCCCCCC1COCCN1. The van der Waals surface area contributed by atoms with Gasteiger partial charge in [-0.2, -0.15) is 5.26 Å². The molecule has 20 heavy (non-hydrogen) atoms. The first kappa shape index (κ1) is 16.6. The highest BCUT2D eigenvalue weighted by Gasteiger charge is 2.21. The molecule has 6 heteroatoms. The monoisotopic (exact) mass is 281 g/mol. The summed E-state index contributed by atoms with van der Waals surface area (Å²) in [4.78, 5) is 22.5. The predicted octanol–water partition coefficient (Wildman–Crippen LogP) is 0.380. The number of nitriles is 1. The Balaban J connectivity index is 2.02. The van der Waals surface area contributed by atoms with E-state index in [4.69, 9.17) is 10.00 Å². The van der Waals surface area contributed by atoms with Crippen LogP contribution in [0.15, 0.2) is 0 Å². The molecule has 6 nitrogen and oxygen atoms in total. The molecule has 1 heterocycles. The predicted molar refractivity (Wildman–Crippen MR) is 73.9 cm³/mol. The second kappa shape index (κ2) is 9.45. The fourth-order valence-corrected chi connectivity index (χ4v) is 2.15. The van der Waals surface area contributed by atoms with Crippen LogP contribution in [0.2, 0.25) is 0 Å². The van der Waals surface area contributed by atoms with Crippen molar-refractivity contribution in [2.24, 2.45) is 5.92 Å². The Morgan fingerprint density at radius 3 is 2.85 bits per heavy atom. The average Bonchev–Trinajstić information content (AvgIpc) is 2.44. The number of rotatable bonds is 8. The number of morpholine rings is 1. The minimum atomic E-state index is -1.17. The van der Waals surface area contributed by atoms with Gasteiger partial charge in [-0.15, -0.1) is 0 Å². The molecular weight excluding hydrogens is 258 g/mol. The van der Waals surface area contributed by atoms with E-state index in [1.165, 1.54) is 6.92 Å². The van der Waals surface area contributed by atoms with Gasteiger partial charge in [-0.3, -0.25) is 9.59 Å². The van der Waals surface area contributed by atoms with Crippen molar-refractivity contribution in [1.82, 2.24) is 10.6 Å². The normalized spacial score (nSPS) is 19.9. The van der Waals surface area contributed by atoms with Gasteiger partial charge in [-0.1, -0.05) is 12.8 Å². The van der Waals surface area contributed by atoms with Crippen LogP contribution < -0.4 is 10.6 Å². The van der Waals surface area contributed by atoms with Gasteiger partial charge in [0.25, 0.3) is 0 Å². The maximum atomic E-state index is 11.5. The lowest BCUT2D eigenvalue weighted by Gasteiger charge is -2.23. The first-order chi connectivity index (χ1) is 9.65. The van der Waals surface area contributed by atoms with Gasteiger partial charge in [0.1, 0.15) is 0 Å². The van der Waals surface area contributed by atoms with Gasteiger partial charge >= 0.3 is 0 Å². The molecule has 0 aromatic rings. The zero-order valence-corrected chi connectivity index (χ0v) is 12.0. The summed E-state index contributed by atoms with van der Waals surface area (Å²) < 4.78 is 5.37. The number of ketones is 1. The van der Waals surface area contributed by atoms with E-state index in [1.807, 2.05) is 0 Å². The number of carbonyl (C=O) groups excluding carboxylic acids is 2. The maximum absolute atomic E-state index is 11.5. The molecule has 0 spiro atoms. The molecule has 0 saturated carbocycles. The lowest BCUT2D eigenvalue weighted by molar-refractivity contribution is -0.130. The van der Waals surface area contributed by atoms with Crippen molar-refractivity contribution < 1.29 is 14.3 Å². The van der Waals surface area contributed by atoms with Crippen LogP contribution in [-0.4, -0.2) is 44.0 Å². The summed E-state index contributed by atoms with van der Waals surface area (Å²) in [5.74, 6) is -2.06. The Morgan fingerprint density at radius 1 is 1.45 bits per heavy atom. The van der Waals surface area contributed by atoms with E-state index in [1.54, 1.807) is 6.07 Å². The molecule has 1 saturated heterocycles. The van der Waals surface area contributed by atoms with Crippen molar-refractivity contribution in [3.63, 3.8) is 0 Å². The summed E-state index contributed by atoms with van der Waals surface area (Å²) in [6.07, 6.45) is 4.01. The van der Waals surface area contributed by atoms with Crippen LogP contribution in [0.5, 0.6) is 0 Å². The molecule has 1 amide bonds. The van der Waals surface area contributed by atoms with Crippen molar-refractivity contribution >= 4 is 11.7 Å². The Hall–Kier alpha value is -1.45. The zero-order valence-electron chi connectivity index (χ0n) is 12.0. The smallest absolute Gasteiger partial charge is 0.244 e. The van der Waals surface area contributed by atoms with Gasteiger partial charge in [0.05, 0.1) is 19.3 Å². The molecule has 2 unspecified atom stereocenters. The Morgan fingerprint density at radius 2 is 2.25 bits per heavy atom. The summed E-state index contributed by atoms with van der Waals surface area (Å²) in [5.41, 5.74) is 0. The van der Waals surface area contributed by atoms with Gasteiger partial charge in [-0.25, -0.2) is 0 Å². The molecule has 2 N–H and O–H groups in total. The lowest BCUT2D eigenvalue weighted by atomic mass is 10.1. The summed E-state index contributed by atoms with van der Waals surface area (Å²) in [5, 5.41) is 14.7. The van der Waals surface area contributed by atoms with E-state index < -0.39 is 17.6 Å². The second-order valence-corrected chi connectivity index (χ2v) is 5.04. The molecule has 0 radical (unpaired) electrons. The number of amides is 1. The van der Waals surface area contributed by atoms with Crippen LogP contribution in [0.3, 0.4) is 0 Å². The first-order valence-electron chi connectivity index (χ1n) is 7.14. The van der Waals surface area contributed by atoms with Gasteiger partial charge < -0.3 is 15.4 Å². The number of carbonyl (C=O) groups is 2. The standard InChI is InChI=1S/C14H23N3O3/c1-11(18)13(9-15)14(19)17-6-4-2-3-5-12-10-20-8-7-16-12/h12-13,16H,2-8,10H2,1H3,(H,17,19). The van der Waals surface area contributed by atoms with E-state index in [9.17, 15) is 9.59 Å². The van der Waals surface area contributed by atoms with E-state index in [2.05, 4.69) is 10.6 Å². The molecule has 112 valence electrons. The van der Waals surface area contributed by atoms with Gasteiger partial charge in [-0.05, 0) is 19.8 Å². The van der Waals surface area contributed by atoms with Crippen LogP contribution in [0.1, 0.15) is 32.6 Å². The van der Waals surface area contributed by atoms with Gasteiger partial charge in [0.2, 0.25) is 5.91 Å². The Bertz CT molecular complexity index is 359. The third-order valence-corrected chi connectivity index (χ3v) is 3.32. The molecule has 0 aromatic heterocycles.